The van der Waals surface area contributed by atoms with E-state index in [1.807, 2.05) is 5.06 Å². The van der Waals surface area contributed by atoms with Crippen molar-refractivity contribution in [2.24, 2.45) is 5.92 Å². The maximum atomic E-state index is 5.86. The van der Waals surface area contributed by atoms with Crippen LogP contribution in [0.4, 0.5) is 11.4 Å². The largest absolute Gasteiger partial charge is 0.397 e. The summed E-state index contributed by atoms with van der Waals surface area (Å²) in [5.74, 6) is 0.679. The summed E-state index contributed by atoms with van der Waals surface area (Å²) in [4.78, 5) is 10.0. The van der Waals surface area contributed by atoms with Crippen molar-refractivity contribution in [1.29, 1.82) is 0 Å². The average Bonchev–Trinajstić information content (AvgIpc) is 2.32. The van der Waals surface area contributed by atoms with E-state index in [-0.39, 0.29) is 0 Å². The highest BCUT2D eigenvalue weighted by Gasteiger charge is 2.23. The van der Waals surface area contributed by atoms with E-state index in [1.54, 1.807) is 12.3 Å². The molecular weight excluding hydrogens is 228 g/mol. The van der Waals surface area contributed by atoms with Crippen LogP contribution in [0.25, 0.3) is 0 Å². The molecule has 0 bridgehead atoms. The highest BCUT2D eigenvalue weighted by atomic mass is 16.7. The predicted octanol–water partition coefficient (Wildman–Crippen LogP) is 1.80. The van der Waals surface area contributed by atoms with Crippen LogP contribution in [0.15, 0.2) is 12.3 Å². The molecule has 2 atom stereocenters. The first-order valence-corrected chi connectivity index (χ1v) is 6.45. The van der Waals surface area contributed by atoms with Gasteiger partial charge in [0.25, 0.3) is 0 Å². The van der Waals surface area contributed by atoms with Gasteiger partial charge in [-0.1, -0.05) is 6.92 Å². The smallest absolute Gasteiger partial charge is 0.113 e. The number of nitrogens with zero attached hydrogens (tertiary/aromatic N) is 2. The Morgan fingerprint density at radius 3 is 2.89 bits per heavy atom. The van der Waals surface area contributed by atoms with Crippen molar-refractivity contribution in [1.82, 2.24) is 10.0 Å². The standard InChI is InChI=1S/C13H22N4O/c1-9-3-4-10(2)17(7-9)18-8-13-12(15)5-11(14)6-16-13/h5-6,9-10H,3-4,7-8,14-15H2,1-2H3. The van der Waals surface area contributed by atoms with Gasteiger partial charge in [-0.15, -0.1) is 0 Å². The van der Waals surface area contributed by atoms with Crippen molar-refractivity contribution in [3.63, 3.8) is 0 Å². The number of rotatable bonds is 3. The number of piperidine rings is 1. The molecule has 4 N–H and O–H groups in total. The van der Waals surface area contributed by atoms with Gasteiger partial charge in [-0.3, -0.25) is 9.82 Å². The lowest BCUT2D eigenvalue weighted by atomic mass is 9.97. The first kappa shape index (κ1) is 13.1. The molecule has 100 valence electrons. The average molecular weight is 250 g/mol. The lowest BCUT2D eigenvalue weighted by Gasteiger charge is -2.35. The zero-order valence-electron chi connectivity index (χ0n) is 11.1. The molecule has 0 aromatic carbocycles. The van der Waals surface area contributed by atoms with E-state index in [0.717, 1.165) is 12.2 Å². The summed E-state index contributed by atoms with van der Waals surface area (Å²) >= 11 is 0. The van der Waals surface area contributed by atoms with Crippen molar-refractivity contribution in [3.05, 3.63) is 18.0 Å². The highest BCUT2D eigenvalue weighted by Crippen LogP contribution is 2.22. The Labute approximate surface area is 108 Å². The zero-order valence-corrected chi connectivity index (χ0v) is 11.1. The van der Waals surface area contributed by atoms with E-state index in [2.05, 4.69) is 18.8 Å². The molecule has 0 amide bonds. The topological polar surface area (TPSA) is 77.4 Å². The molecule has 5 heteroatoms. The number of hydroxylamine groups is 2. The molecule has 2 rings (SSSR count). The van der Waals surface area contributed by atoms with Gasteiger partial charge in [0.1, 0.15) is 6.61 Å². The van der Waals surface area contributed by atoms with Gasteiger partial charge < -0.3 is 11.5 Å². The van der Waals surface area contributed by atoms with Crippen molar-refractivity contribution in [3.8, 4) is 0 Å². The minimum absolute atomic E-state index is 0.406. The third-order valence-electron chi connectivity index (χ3n) is 3.45. The second kappa shape index (κ2) is 5.54. The molecule has 0 aliphatic carbocycles. The predicted molar refractivity (Wildman–Crippen MR) is 72.4 cm³/mol. The fraction of sp³-hybridized carbons (Fsp3) is 0.615. The first-order valence-electron chi connectivity index (χ1n) is 6.45. The summed E-state index contributed by atoms with van der Waals surface area (Å²) in [6.45, 7) is 5.81. The van der Waals surface area contributed by atoms with Crippen molar-refractivity contribution in [2.45, 2.75) is 39.3 Å². The van der Waals surface area contributed by atoms with Gasteiger partial charge in [-0.05, 0) is 31.7 Å². The SMILES string of the molecule is CC1CCC(C)N(OCc2ncc(N)cc2N)C1. The second-order valence-electron chi connectivity index (χ2n) is 5.21. The van der Waals surface area contributed by atoms with Crippen LogP contribution >= 0.6 is 0 Å². The number of anilines is 2. The molecule has 1 aromatic rings. The normalized spacial score (nSPS) is 25.2. The van der Waals surface area contributed by atoms with Crippen molar-refractivity contribution >= 4 is 11.4 Å². The van der Waals surface area contributed by atoms with Gasteiger partial charge in [-0.25, -0.2) is 0 Å². The van der Waals surface area contributed by atoms with Crippen molar-refractivity contribution in [2.75, 3.05) is 18.0 Å². The number of pyridine rings is 1. The fourth-order valence-corrected chi connectivity index (χ4v) is 2.22. The fourth-order valence-electron chi connectivity index (χ4n) is 2.22. The minimum Gasteiger partial charge on any atom is -0.397 e. The molecule has 0 spiro atoms. The van der Waals surface area contributed by atoms with Crippen LogP contribution in [-0.2, 0) is 11.4 Å². The molecule has 1 aliphatic heterocycles. The Kier molecular flexibility index (Phi) is 4.04. The second-order valence-corrected chi connectivity index (χ2v) is 5.21. The summed E-state index contributed by atoms with van der Waals surface area (Å²) in [5.41, 5.74) is 13.4. The molecule has 1 aliphatic rings. The van der Waals surface area contributed by atoms with Crippen LogP contribution in [0.2, 0.25) is 0 Å². The molecule has 18 heavy (non-hydrogen) atoms. The first-order chi connectivity index (χ1) is 8.56. The Morgan fingerprint density at radius 1 is 1.39 bits per heavy atom. The van der Waals surface area contributed by atoms with Crippen LogP contribution in [0.1, 0.15) is 32.4 Å². The number of hydrogen-bond donors (Lipinski definition) is 2. The zero-order chi connectivity index (χ0) is 13.1. The van der Waals surface area contributed by atoms with E-state index in [4.69, 9.17) is 16.3 Å². The van der Waals surface area contributed by atoms with Crippen LogP contribution in [0.3, 0.4) is 0 Å². The minimum atomic E-state index is 0.406. The summed E-state index contributed by atoms with van der Waals surface area (Å²) in [5, 5.41) is 2.05. The molecular formula is C13H22N4O. The Morgan fingerprint density at radius 2 is 2.17 bits per heavy atom. The van der Waals surface area contributed by atoms with E-state index < -0.39 is 0 Å². The lowest BCUT2D eigenvalue weighted by Crippen LogP contribution is -2.40. The molecule has 1 fully saturated rings. The van der Waals surface area contributed by atoms with Crippen LogP contribution in [-0.4, -0.2) is 22.6 Å². The van der Waals surface area contributed by atoms with E-state index in [0.29, 0.717) is 29.9 Å². The summed E-state index contributed by atoms with van der Waals surface area (Å²) in [6.07, 6.45) is 4.05. The van der Waals surface area contributed by atoms with Gasteiger partial charge in [0.05, 0.1) is 23.3 Å². The maximum Gasteiger partial charge on any atom is 0.113 e. The third-order valence-corrected chi connectivity index (χ3v) is 3.45. The summed E-state index contributed by atoms with van der Waals surface area (Å²) < 4.78 is 0. The van der Waals surface area contributed by atoms with Crippen molar-refractivity contribution < 1.29 is 4.84 Å². The molecule has 0 radical (unpaired) electrons. The van der Waals surface area contributed by atoms with Gasteiger partial charge in [-0.2, -0.15) is 5.06 Å². The van der Waals surface area contributed by atoms with Gasteiger partial charge in [0.15, 0.2) is 0 Å². The molecule has 0 saturated carbocycles. The monoisotopic (exact) mass is 250 g/mol. The number of nitrogens with two attached hydrogens (primary N) is 2. The lowest BCUT2D eigenvalue weighted by molar-refractivity contribution is -0.212. The van der Waals surface area contributed by atoms with Gasteiger partial charge in [0.2, 0.25) is 0 Å². The quantitative estimate of drug-likeness (QED) is 0.855. The number of aromatic nitrogens is 1. The van der Waals surface area contributed by atoms with Crippen LogP contribution in [0.5, 0.6) is 0 Å². The third kappa shape index (κ3) is 3.11. The molecule has 2 unspecified atom stereocenters. The van der Waals surface area contributed by atoms with Crippen LogP contribution < -0.4 is 11.5 Å². The molecule has 1 saturated heterocycles. The van der Waals surface area contributed by atoms with Crippen LogP contribution in [0, 0.1) is 5.92 Å². The van der Waals surface area contributed by atoms with Gasteiger partial charge >= 0.3 is 0 Å². The van der Waals surface area contributed by atoms with E-state index in [9.17, 15) is 0 Å². The van der Waals surface area contributed by atoms with E-state index in [1.165, 1.54) is 12.8 Å². The Bertz CT molecular complexity index is 410. The van der Waals surface area contributed by atoms with E-state index >= 15 is 0 Å². The molecule has 2 heterocycles. The number of nitrogen functional groups attached to an aromatic ring is 2. The Balaban J connectivity index is 1.94. The molecule has 5 nitrogen and oxygen atoms in total. The van der Waals surface area contributed by atoms with Gasteiger partial charge in [0, 0.05) is 12.6 Å². The molecule has 1 aromatic heterocycles. The Hall–Kier alpha value is -1.33. The maximum absolute atomic E-state index is 5.86. The summed E-state index contributed by atoms with van der Waals surface area (Å²) in [6, 6.07) is 2.17. The number of hydrogen-bond acceptors (Lipinski definition) is 5. The highest BCUT2D eigenvalue weighted by molar-refractivity contribution is 5.52. The summed E-state index contributed by atoms with van der Waals surface area (Å²) in [7, 11) is 0.